The molecule has 0 fully saturated rings. The third-order valence-electron chi connectivity index (χ3n) is 4.23. The van der Waals surface area contributed by atoms with Gasteiger partial charge in [0.25, 0.3) is 0 Å². The van der Waals surface area contributed by atoms with E-state index in [-0.39, 0.29) is 12.0 Å². The summed E-state index contributed by atoms with van der Waals surface area (Å²) in [6.07, 6.45) is 1.03. The molecule has 21 heavy (non-hydrogen) atoms. The molecule has 2 aromatic rings. The van der Waals surface area contributed by atoms with E-state index in [0.717, 1.165) is 18.5 Å². The van der Waals surface area contributed by atoms with E-state index in [1.807, 2.05) is 17.0 Å². The van der Waals surface area contributed by atoms with Crippen molar-refractivity contribution in [3.63, 3.8) is 0 Å². The standard InChI is InChI=1S/C16H21N3O2/c1-21-11(9-17)8-16(20)19-7-6-15-13(10-19)12-4-2-3-5-14(12)18-15/h2-5,11,18H,6-10,17H2,1H3. The second kappa shape index (κ2) is 5.87. The highest BCUT2D eigenvalue weighted by Gasteiger charge is 2.25. The number of carbonyl (C=O) groups is 1. The first-order chi connectivity index (χ1) is 10.2. The van der Waals surface area contributed by atoms with Crippen LogP contribution in [0.5, 0.6) is 0 Å². The SMILES string of the molecule is COC(CN)CC(=O)N1CCc2[nH]c3ccccc3c2C1. The van der Waals surface area contributed by atoms with Crippen LogP contribution in [-0.4, -0.2) is 42.1 Å². The van der Waals surface area contributed by atoms with Crippen LogP contribution in [-0.2, 0) is 22.5 Å². The molecule has 0 spiro atoms. The lowest BCUT2D eigenvalue weighted by atomic mass is 10.0. The highest BCUT2D eigenvalue weighted by atomic mass is 16.5. The summed E-state index contributed by atoms with van der Waals surface area (Å²) in [5.41, 5.74) is 9.24. The Morgan fingerprint density at radius 1 is 1.48 bits per heavy atom. The minimum absolute atomic E-state index is 0.114. The zero-order chi connectivity index (χ0) is 14.8. The van der Waals surface area contributed by atoms with Gasteiger partial charge in [-0.3, -0.25) is 4.79 Å². The summed E-state index contributed by atoms with van der Waals surface area (Å²) in [5, 5.41) is 1.21. The number of hydrogen-bond donors (Lipinski definition) is 2. The molecule has 2 heterocycles. The van der Waals surface area contributed by atoms with Crippen molar-refractivity contribution < 1.29 is 9.53 Å². The zero-order valence-electron chi connectivity index (χ0n) is 12.3. The number of fused-ring (bicyclic) bond motifs is 3. The third-order valence-corrected chi connectivity index (χ3v) is 4.23. The number of aromatic amines is 1. The van der Waals surface area contributed by atoms with Crippen LogP contribution in [0.1, 0.15) is 17.7 Å². The number of hydrogen-bond acceptors (Lipinski definition) is 3. The summed E-state index contributed by atoms with van der Waals surface area (Å²) < 4.78 is 5.21. The van der Waals surface area contributed by atoms with Gasteiger partial charge in [0.05, 0.1) is 12.5 Å². The number of ether oxygens (including phenoxy) is 1. The van der Waals surface area contributed by atoms with Gasteiger partial charge in [0.15, 0.2) is 0 Å². The Kier molecular flexibility index (Phi) is 3.94. The molecule has 3 rings (SSSR count). The predicted molar refractivity (Wildman–Crippen MR) is 81.9 cm³/mol. The first-order valence-electron chi connectivity index (χ1n) is 7.32. The Balaban J connectivity index is 1.79. The van der Waals surface area contributed by atoms with E-state index in [1.54, 1.807) is 7.11 Å². The van der Waals surface area contributed by atoms with Gasteiger partial charge in [-0.2, -0.15) is 0 Å². The molecule has 5 nitrogen and oxygen atoms in total. The average molecular weight is 287 g/mol. The van der Waals surface area contributed by atoms with E-state index >= 15 is 0 Å². The number of amides is 1. The van der Waals surface area contributed by atoms with Gasteiger partial charge in [0.1, 0.15) is 0 Å². The maximum Gasteiger partial charge on any atom is 0.225 e. The Bertz CT molecular complexity index is 646. The summed E-state index contributed by atoms with van der Waals surface area (Å²) in [4.78, 5) is 17.7. The largest absolute Gasteiger partial charge is 0.380 e. The van der Waals surface area contributed by atoms with E-state index in [1.165, 1.54) is 16.6 Å². The van der Waals surface area contributed by atoms with Crippen LogP contribution < -0.4 is 5.73 Å². The summed E-state index contributed by atoms with van der Waals surface area (Å²) in [7, 11) is 1.60. The lowest BCUT2D eigenvalue weighted by Gasteiger charge is -2.28. The number of H-pyrrole nitrogens is 1. The number of rotatable bonds is 4. The number of nitrogens with one attached hydrogen (secondary N) is 1. The molecule has 0 saturated heterocycles. The second-order valence-electron chi connectivity index (χ2n) is 5.49. The molecule has 5 heteroatoms. The number of benzene rings is 1. The lowest BCUT2D eigenvalue weighted by Crippen LogP contribution is -2.39. The quantitative estimate of drug-likeness (QED) is 0.893. The highest BCUT2D eigenvalue weighted by molar-refractivity contribution is 5.86. The van der Waals surface area contributed by atoms with Crippen molar-refractivity contribution in [1.82, 2.24) is 9.88 Å². The fourth-order valence-electron chi connectivity index (χ4n) is 2.97. The Labute approximate surface area is 124 Å². The van der Waals surface area contributed by atoms with Crippen LogP contribution >= 0.6 is 0 Å². The number of aromatic nitrogens is 1. The molecule has 1 aliphatic heterocycles. The lowest BCUT2D eigenvalue weighted by molar-refractivity contribution is -0.134. The maximum absolute atomic E-state index is 12.4. The van der Waals surface area contributed by atoms with Crippen LogP contribution in [0.3, 0.4) is 0 Å². The van der Waals surface area contributed by atoms with Gasteiger partial charge in [-0.15, -0.1) is 0 Å². The molecule has 3 N–H and O–H groups in total. The van der Waals surface area contributed by atoms with E-state index in [4.69, 9.17) is 10.5 Å². The average Bonchev–Trinajstić information content (AvgIpc) is 2.90. The molecule has 1 aromatic carbocycles. The molecule has 1 atom stereocenters. The third kappa shape index (κ3) is 2.66. The zero-order valence-corrected chi connectivity index (χ0v) is 12.3. The van der Waals surface area contributed by atoms with E-state index in [2.05, 4.69) is 17.1 Å². The second-order valence-corrected chi connectivity index (χ2v) is 5.49. The van der Waals surface area contributed by atoms with Gasteiger partial charge >= 0.3 is 0 Å². The fraction of sp³-hybridized carbons (Fsp3) is 0.438. The van der Waals surface area contributed by atoms with Crippen molar-refractivity contribution in [1.29, 1.82) is 0 Å². The predicted octanol–water partition coefficient (Wildman–Crippen LogP) is 1.42. The van der Waals surface area contributed by atoms with Crippen LogP contribution in [0.15, 0.2) is 24.3 Å². The smallest absolute Gasteiger partial charge is 0.225 e. The van der Waals surface area contributed by atoms with Gasteiger partial charge in [0, 0.05) is 55.3 Å². The summed E-state index contributed by atoms with van der Waals surface area (Å²) >= 11 is 0. The summed E-state index contributed by atoms with van der Waals surface area (Å²) in [6, 6.07) is 8.25. The van der Waals surface area contributed by atoms with E-state index in [0.29, 0.717) is 19.5 Å². The molecule has 1 amide bonds. The minimum atomic E-state index is -0.193. The van der Waals surface area contributed by atoms with Crippen molar-refractivity contribution >= 4 is 16.8 Å². The normalized spacial score (nSPS) is 16.0. The summed E-state index contributed by atoms with van der Waals surface area (Å²) in [6.45, 7) is 1.78. The number of nitrogens with zero attached hydrogens (tertiary/aromatic N) is 1. The monoisotopic (exact) mass is 287 g/mol. The molecular weight excluding hydrogens is 266 g/mol. The van der Waals surface area contributed by atoms with Gasteiger partial charge < -0.3 is 20.4 Å². The molecule has 0 aliphatic carbocycles. The Hall–Kier alpha value is -1.85. The van der Waals surface area contributed by atoms with Crippen LogP contribution in [0.4, 0.5) is 0 Å². The van der Waals surface area contributed by atoms with Gasteiger partial charge in [-0.25, -0.2) is 0 Å². The molecule has 112 valence electrons. The molecule has 0 radical (unpaired) electrons. The Morgan fingerprint density at radius 3 is 3.05 bits per heavy atom. The number of methoxy groups -OCH3 is 1. The van der Waals surface area contributed by atoms with Crippen LogP contribution in [0.2, 0.25) is 0 Å². The minimum Gasteiger partial charge on any atom is -0.380 e. The van der Waals surface area contributed by atoms with Crippen molar-refractivity contribution in [2.24, 2.45) is 5.73 Å². The number of carbonyl (C=O) groups excluding carboxylic acids is 1. The number of para-hydroxylation sites is 1. The van der Waals surface area contributed by atoms with Crippen molar-refractivity contribution in [2.45, 2.75) is 25.5 Å². The Morgan fingerprint density at radius 2 is 2.29 bits per heavy atom. The van der Waals surface area contributed by atoms with Crippen LogP contribution in [0, 0.1) is 0 Å². The molecule has 1 unspecified atom stereocenters. The molecule has 0 saturated carbocycles. The van der Waals surface area contributed by atoms with Crippen molar-refractivity contribution in [3.8, 4) is 0 Å². The van der Waals surface area contributed by atoms with E-state index < -0.39 is 0 Å². The van der Waals surface area contributed by atoms with Crippen molar-refractivity contribution in [3.05, 3.63) is 35.5 Å². The molecule has 0 bridgehead atoms. The first kappa shape index (κ1) is 14.1. The number of nitrogens with two attached hydrogens (primary N) is 1. The van der Waals surface area contributed by atoms with Gasteiger partial charge in [-0.05, 0) is 6.07 Å². The maximum atomic E-state index is 12.4. The molecule has 1 aliphatic rings. The molecular formula is C16H21N3O2. The molecule has 1 aromatic heterocycles. The van der Waals surface area contributed by atoms with Gasteiger partial charge in [0.2, 0.25) is 5.91 Å². The highest BCUT2D eigenvalue weighted by Crippen LogP contribution is 2.27. The first-order valence-corrected chi connectivity index (χ1v) is 7.32. The topological polar surface area (TPSA) is 71.3 Å². The van der Waals surface area contributed by atoms with Crippen molar-refractivity contribution in [2.75, 3.05) is 20.2 Å². The van der Waals surface area contributed by atoms with Crippen LogP contribution in [0.25, 0.3) is 10.9 Å². The van der Waals surface area contributed by atoms with Gasteiger partial charge in [-0.1, -0.05) is 18.2 Å². The fourth-order valence-corrected chi connectivity index (χ4v) is 2.97. The summed E-state index contributed by atoms with van der Waals surface area (Å²) in [5.74, 6) is 0.114. The van der Waals surface area contributed by atoms with E-state index in [9.17, 15) is 4.79 Å².